The summed E-state index contributed by atoms with van der Waals surface area (Å²) in [5.41, 5.74) is 2.35. The second-order valence-electron chi connectivity index (χ2n) is 6.01. The van der Waals surface area contributed by atoms with Crippen LogP contribution in [0.25, 0.3) is 0 Å². The van der Waals surface area contributed by atoms with Gasteiger partial charge in [0.25, 0.3) is 0 Å². The Morgan fingerprint density at radius 3 is 2.35 bits per heavy atom. The number of halogens is 1. The Bertz CT molecular complexity index is 628. The molecule has 0 bridgehead atoms. The molecule has 23 heavy (non-hydrogen) atoms. The molecule has 0 spiro atoms. The van der Waals surface area contributed by atoms with E-state index < -0.39 is 14.6 Å². The molecule has 5 nitrogen and oxygen atoms in total. The maximum atomic E-state index is 11.7. The van der Waals surface area contributed by atoms with Crippen LogP contribution >= 0.6 is 24.0 Å². The van der Waals surface area contributed by atoms with Crippen LogP contribution in [0.4, 0.5) is 0 Å². The van der Waals surface area contributed by atoms with Crippen LogP contribution < -0.4 is 10.6 Å². The molecule has 0 aromatic heterocycles. The average molecular weight is 453 g/mol. The van der Waals surface area contributed by atoms with Crippen molar-refractivity contribution < 1.29 is 8.42 Å². The van der Waals surface area contributed by atoms with Crippen LogP contribution in [0.3, 0.4) is 0 Å². The van der Waals surface area contributed by atoms with E-state index in [4.69, 9.17) is 0 Å². The summed E-state index contributed by atoms with van der Waals surface area (Å²) in [6, 6.07) is 8.09. The Hall–Kier alpha value is -0.830. The lowest BCUT2D eigenvalue weighted by Gasteiger charge is -2.24. The third-order valence-corrected chi connectivity index (χ3v) is 5.85. The van der Waals surface area contributed by atoms with E-state index in [9.17, 15) is 8.42 Å². The summed E-state index contributed by atoms with van der Waals surface area (Å²) >= 11 is 0. The van der Waals surface area contributed by atoms with Gasteiger partial charge in [0.1, 0.15) is 0 Å². The van der Waals surface area contributed by atoms with E-state index in [1.165, 1.54) is 11.8 Å². The summed E-state index contributed by atoms with van der Waals surface area (Å²) in [4.78, 5) is 4.53. The third kappa shape index (κ3) is 7.07. The number of guanidine groups is 1. The predicted octanol–water partition coefficient (Wildman–Crippen LogP) is 2.49. The molecule has 1 aromatic rings. The number of benzene rings is 1. The molecule has 0 radical (unpaired) electrons. The van der Waals surface area contributed by atoms with Crippen LogP contribution in [0.15, 0.2) is 29.3 Å². The van der Waals surface area contributed by atoms with E-state index in [0.29, 0.717) is 19.0 Å². The van der Waals surface area contributed by atoms with E-state index in [1.54, 1.807) is 13.8 Å². The van der Waals surface area contributed by atoms with Crippen molar-refractivity contribution in [3.05, 3.63) is 35.4 Å². The van der Waals surface area contributed by atoms with Crippen LogP contribution in [0.1, 0.15) is 31.9 Å². The molecule has 1 aromatic carbocycles. The highest BCUT2D eigenvalue weighted by Gasteiger charge is 2.30. The maximum absolute atomic E-state index is 11.7. The molecule has 0 saturated heterocycles. The lowest BCUT2D eigenvalue weighted by molar-refractivity contribution is 0.544. The molecule has 0 heterocycles. The summed E-state index contributed by atoms with van der Waals surface area (Å²) in [6.07, 6.45) is 1.26. The van der Waals surface area contributed by atoms with Crippen LogP contribution in [0.2, 0.25) is 0 Å². The van der Waals surface area contributed by atoms with Gasteiger partial charge in [0.05, 0.1) is 11.3 Å². The first-order valence-electron chi connectivity index (χ1n) is 7.43. The minimum absolute atomic E-state index is 0. The minimum atomic E-state index is -3.13. The van der Waals surface area contributed by atoms with E-state index in [2.05, 4.69) is 28.6 Å². The van der Waals surface area contributed by atoms with Crippen molar-refractivity contribution >= 4 is 39.8 Å². The molecule has 1 rings (SSSR count). The molecule has 0 aliphatic rings. The van der Waals surface area contributed by atoms with Crippen molar-refractivity contribution in [2.24, 2.45) is 4.99 Å². The fourth-order valence-corrected chi connectivity index (χ4v) is 2.06. The zero-order chi connectivity index (χ0) is 16.8. The van der Waals surface area contributed by atoms with Gasteiger partial charge in [-0.05, 0) is 38.8 Å². The Balaban J connectivity index is 0.00000484. The average Bonchev–Trinajstić information content (AvgIpc) is 2.42. The van der Waals surface area contributed by atoms with Crippen LogP contribution in [0.5, 0.6) is 0 Å². The maximum Gasteiger partial charge on any atom is 0.191 e. The van der Waals surface area contributed by atoms with Gasteiger partial charge in [-0.1, -0.05) is 24.3 Å². The molecule has 7 heteroatoms. The Kier molecular flexibility index (Phi) is 9.12. The Labute approximate surface area is 157 Å². The number of hydrogen-bond donors (Lipinski definition) is 2. The van der Waals surface area contributed by atoms with Crippen molar-refractivity contribution in [1.82, 2.24) is 10.6 Å². The normalized spacial score (nSPS) is 12.5. The lowest BCUT2D eigenvalue weighted by atomic mass is 10.1. The number of rotatable bonds is 6. The smallest absolute Gasteiger partial charge is 0.191 e. The third-order valence-electron chi connectivity index (χ3n) is 3.70. The zero-order valence-corrected chi connectivity index (χ0v) is 17.7. The van der Waals surface area contributed by atoms with Crippen LogP contribution in [-0.4, -0.2) is 38.5 Å². The number of aryl methyl sites for hydroxylation is 1. The van der Waals surface area contributed by atoms with E-state index in [0.717, 1.165) is 12.1 Å². The first kappa shape index (κ1) is 22.2. The van der Waals surface area contributed by atoms with E-state index in [-0.39, 0.29) is 24.0 Å². The standard InChI is InChI=1S/C16H27N3O2S.HI/c1-6-17-15(19-12-16(3,4)22(5,20)21)18-11-14-10-8-7-9-13(14)2;/h7-10H,6,11-12H2,1-5H3,(H2,17,18,19);1H. The number of sulfone groups is 1. The van der Waals surface area contributed by atoms with Gasteiger partial charge in [0, 0.05) is 19.3 Å². The summed E-state index contributed by atoms with van der Waals surface area (Å²) in [5.74, 6) is 0.627. The van der Waals surface area contributed by atoms with E-state index >= 15 is 0 Å². The second-order valence-corrected chi connectivity index (χ2v) is 8.66. The molecule has 0 fully saturated rings. The summed E-state index contributed by atoms with van der Waals surface area (Å²) in [6.45, 7) is 9.04. The number of nitrogens with one attached hydrogen (secondary N) is 2. The summed E-state index contributed by atoms with van der Waals surface area (Å²) < 4.78 is 22.7. The first-order chi connectivity index (χ1) is 10.2. The zero-order valence-electron chi connectivity index (χ0n) is 14.5. The molecular formula is C16H28IN3O2S. The summed E-state index contributed by atoms with van der Waals surface area (Å²) in [7, 11) is -3.13. The molecule has 0 atom stereocenters. The van der Waals surface area contributed by atoms with Crippen LogP contribution in [0, 0.1) is 6.92 Å². The van der Waals surface area contributed by atoms with E-state index in [1.807, 2.05) is 25.1 Å². The Morgan fingerprint density at radius 1 is 1.22 bits per heavy atom. The molecule has 2 N–H and O–H groups in total. The Morgan fingerprint density at radius 2 is 1.83 bits per heavy atom. The number of nitrogens with zero attached hydrogens (tertiary/aromatic N) is 1. The van der Waals surface area contributed by atoms with Crippen molar-refractivity contribution in [1.29, 1.82) is 0 Å². The molecule has 0 aliphatic heterocycles. The highest BCUT2D eigenvalue weighted by molar-refractivity contribution is 14.0. The molecule has 0 unspecified atom stereocenters. The highest BCUT2D eigenvalue weighted by Crippen LogP contribution is 2.13. The molecular weight excluding hydrogens is 425 g/mol. The van der Waals surface area contributed by atoms with Crippen molar-refractivity contribution in [2.75, 3.05) is 19.3 Å². The quantitative estimate of drug-likeness (QED) is 0.395. The monoisotopic (exact) mass is 453 g/mol. The fraction of sp³-hybridized carbons (Fsp3) is 0.562. The number of aliphatic imine (C=N–C) groups is 1. The van der Waals surface area contributed by atoms with Gasteiger partial charge in [-0.2, -0.15) is 0 Å². The molecule has 0 aliphatic carbocycles. The van der Waals surface area contributed by atoms with Gasteiger partial charge in [0.15, 0.2) is 15.8 Å². The first-order valence-corrected chi connectivity index (χ1v) is 9.33. The van der Waals surface area contributed by atoms with Gasteiger partial charge in [0.2, 0.25) is 0 Å². The minimum Gasteiger partial charge on any atom is -0.357 e. The van der Waals surface area contributed by atoms with Crippen molar-refractivity contribution in [2.45, 2.75) is 39.0 Å². The second kappa shape index (κ2) is 9.46. The van der Waals surface area contributed by atoms with Gasteiger partial charge in [-0.3, -0.25) is 0 Å². The lowest BCUT2D eigenvalue weighted by Crippen LogP contribution is -2.47. The van der Waals surface area contributed by atoms with Gasteiger partial charge < -0.3 is 10.6 Å². The molecule has 0 saturated carbocycles. The largest absolute Gasteiger partial charge is 0.357 e. The van der Waals surface area contributed by atoms with Crippen molar-refractivity contribution in [3.63, 3.8) is 0 Å². The van der Waals surface area contributed by atoms with Gasteiger partial charge in [-0.15, -0.1) is 24.0 Å². The fourth-order valence-electron chi connectivity index (χ4n) is 1.72. The topological polar surface area (TPSA) is 70.6 Å². The van der Waals surface area contributed by atoms with Crippen molar-refractivity contribution in [3.8, 4) is 0 Å². The SMILES string of the molecule is CCNC(=NCc1ccccc1C)NCC(C)(C)S(C)(=O)=O.I. The molecule has 132 valence electrons. The summed E-state index contributed by atoms with van der Waals surface area (Å²) in [5, 5.41) is 6.26. The number of hydrogen-bond acceptors (Lipinski definition) is 3. The van der Waals surface area contributed by atoms with Crippen LogP contribution in [-0.2, 0) is 16.4 Å². The predicted molar refractivity (Wildman–Crippen MR) is 108 cm³/mol. The van der Waals surface area contributed by atoms with Gasteiger partial charge >= 0.3 is 0 Å². The highest BCUT2D eigenvalue weighted by atomic mass is 127. The van der Waals surface area contributed by atoms with Gasteiger partial charge in [-0.25, -0.2) is 13.4 Å². The molecule has 0 amide bonds.